The van der Waals surface area contributed by atoms with E-state index in [4.69, 9.17) is 9.88 Å². The van der Waals surface area contributed by atoms with Crippen LogP contribution in [0.1, 0.15) is 22.8 Å². The maximum atomic E-state index is 12.3. The molecule has 26 heavy (non-hydrogen) atoms. The highest BCUT2D eigenvalue weighted by Crippen LogP contribution is 2.13. The number of aromatic amines is 1. The first-order valence-electron chi connectivity index (χ1n) is 7.47. The highest BCUT2D eigenvalue weighted by atomic mass is 32.2. The molecule has 1 heterocycles. The van der Waals surface area contributed by atoms with Gasteiger partial charge in [0.05, 0.1) is 17.7 Å². The normalized spacial score (nSPS) is 12.1. The van der Waals surface area contributed by atoms with E-state index in [0.29, 0.717) is 12.0 Å². The maximum Gasteiger partial charge on any atom is 0.342 e. The van der Waals surface area contributed by atoms with E-state index in [1.807, 2.05) is 0 Å². The molecular formula is C14H18N4O6S2. The summed E-state index contributed by atoms with van der Waals surface area (Å²) in [5, 5.41) is 10.5. The van der Waals surface area contributed by atoms with Crippen molar-refractivity contribution in [3.63, 3.8) is 0 Å². The Morgan fingerprint density at radius 1 is 1.23 bits per heavy atom. The maximum absolute atomic E-state index is 12.3. The van der Waals surface area contributed by atoms with E-state index in [-0.39, 0.29) is 28.6 Å². The van der Waals surface area contributed by atoms with Gasteiger partial charge in [-0.25, -0.2) is 31.5 Å². The number of aromatic nitrogens is 2. The van der Waals surface area contributed by atoms with Gasteiger partial charge in [0.25, 0.3) is 10.0 Å². The molecule has 0 aliphatic carbocycles. The van der Waals surface area contributed by atoms with Crippen LogP contribution in [0.3, 0.4) is 0 Å². The van der Waals surface area contributed by atoms with Crippen LogP contribution in [-0.2, 0) is 31.2 Å². The van der Waals surface area contributed by atoms with Gasteiger partial charge in [-0.05, 0) is 31.0 Å². The first-order valence-corrected chi connectivity index (χ1v) is 10.5. The van der Waals surface area contributed by atoms with Gasteiger partial charge in [0, 0.05) is 6.54 Å². The third kappa shape index (κ3) is 4.88. The molecule has 0 aliphatic heterocycles. The molecule has 4 N–H and O–H groups in total. The predicted octanol–water partition coefficient (Wildman–Crippen LogP) is -0.245. The fourth-order valence-corrected chi connectivity index (χ4v) is 3.71. The Morgan fingerprint density at radius 3 is 2.46 bits per heavy atom. The Morgan fingerprint density at radius 2 is 1.88 bits per heavy atom. The summed E-state index contributed by atoms with van der Waals surface area (Å²) in [4.78, 5) is 11.7. The molecule has 0 atom stereocenters. The number of nitrogens with two attached hydrogens (primary N) is 1. The first kappa shape index (κ1) is 20.0. The lowest BCUT2D eigenvalue weighted by atomic mass is 10.2. The van der Waals surface area contributed by atoms with Crippen molar-refractivity contribution in [1.29, 1.82) is 0 Å². The largest absolute Gasteiger partial charge is 0.462 e. The van der Waals surface area contributed by atoms with E-state index in [2.05, 4.69) is 14.9 Å². The highest BCUT2D eigenvalue weighted by molar-refractivity contribution is 7.89. The average Bonchev–Trinajstić information content (AvgIpc) is 3.05. The van der Waals surface area contributed by atoms with Gasteiger partial charge in [-0.15, -0.1) is 0 Å². The molecule has 0 saturated carbocycles. The smallest absolute Gasteiger partial charge is 0.342 e. The van der Waals surface area contributed by atoms with Crippen molar-refractivity contribution in [3.05, 3.63) is 41.6 Å². The molecule has 2 rings (SSSR count). The Kier molecular flexibility index (Phi) is 6.13. The van der Waals surface area contributed by atoms with Crippen LogP contribution in [0.4, 0.5) is 0 Å². The summed E-state index contributed by atoms with van der Waals surface area (Å²) in [6, 6.07) is 5.75. The fraction of sp³-hybridized carbons (Fsp3) is 0.286. The average molecular weight is 402 g/mol. The van der Waals surface area contributed by atoms with Crippen LogP contribution in [0.2, 0.25) is 0 Å². The van der Waals surface area contributed by atoms with E-state index in [1.54, 1.807) is 6.92 Å². The number of carbonyl (C=O) groups is 1. The summed E-state index contributed by atoms with van der Waals surface area (Å²) in [6.45, 7) is 1.73. The van der Waals surface area contributed by atoms with Gasteiger partial charge in [0.15, 0.2) is 5.03 Å². The molecule has 0 spiro atoms. The number of ether oxygens (including phenoxy) is 1. The number of benzene rings is 1. The number of carbonyl (C=O) groups excluding carboxylic acids is 1. The fourth-order valence-electron chi connectivity index (χ4n) is 2.08. The zero-order valence-electron chi connectivity index (χ0n) is 13.8. The third-order valence-electron chi connectivity index (χ3n) is 3.33. The van der Waals surface area contributed by atoms with Crippen LogP contribution in [0.5, 0.6) is 0 Å². The molecule has 1 aromatic heterocycles. The Bertz CT molecular complexity index is 981. The second-order valence-electron chi connectivity index (χ2n) is 5.17. The minimum Gasteiger partial charge on any atom is -0.462 e. The summed E-state index contributed by atoms with van der Waals surface area (Å²) in [5.74, 6) is -0.791. The van der Waals surface area contributed by atoms with Crippen molar-refractivity contribution in [2.75, 3.05) is 13.2 Å². The SMILES string of the molecule is CCOC(=O)c1cn[nH]c1S(=O)(=O)NCCc1ccc(S(N)(=O)=O)cc1. The lowest BCUT2D eigenvalue weighted by molar-refractivity contribution is 0.0522. The minimum atomic E-state index is -4.00. The standard InChI is InChI=1S/C14H18N4O6S2/c1-2-24-14(19)12-9-16-18-13(12)26(22,23)17-8-7-10-3-5-11(6-4-10)25(15,20)21/h3-6,9,17H,2,7-8H2,1H3,(H,16,18)(H2,15,20,21). The van der Waals surface area contributed by atoms with E-state index < -0.39 is 26.0 Å². The summed E-state index contributed by atoms with van der Waals surface area (Å²) in [5.41, 5.74) is 0.521. The number of sulfonamides is 2. The topological polar surface area (TPSA) is 161 Å². The van der Waals surface area contributed by atoms with Gasteiger partial charge >= 0.3 is 5.97 Å². The van der Waals surface area contributed by atoms with Gasteiger partial charge in [-0.1, -0.05) is 12.1 Å². The Labute approximate surface area is 150 Å². The van der Waals surface area contributed by atoms with Crippen LogP contribution < -0.4 is 9.86 Å². The van der Waals surface area contributed by atoms with Gasteiger partial charge in [-0.3, -0.25) is 5.10 Å². The highest BCUT2D eigenvalue weighted by Gasteiger charge is 2.25. The summed E-state index contributed by atoms with van der Waals surface area (Å²) < 4.78 is 54.1. The van der Waals surface area contributed by atoms with Gasteiger partial charge < -0.3 is 4.74 Å². The van der Waals surface area contributed by atoms with Crippen molar-refractivity contribution in [2.24, 2.45) is 5.14 Å². The number of hydrogen-bond acceptors (Lipinski definition) is 7. The van der Waals surface area contributed by atoms with E-state index in [9.17, 15) is 21.6 Å². The van der Waals surface area contributed by atoms with Crippen LogP contribution in [-0.4, -0.2) is 46.2 Å². The summed E-state index contributed by atoms with van der Waals surface area (Å²) in [7, 11) is -7.77. The van der Waals surface area contributed by atoms with E-state index >= 15 is 0 Å². The molecule has 10 nitrogen and oxygen atoms in total. The van der Waals surface area contributed by atoms with Crippen LogP contribution in [0.25, 0.3) is 0 Å². The lowest BCUT2D eigenvalue weighted by Gasteiger charge is -2.07. The monoisotopic (exact) mass is 402 g/mol. The second kappa shape index (κ2) is 7.95. The second-order valence-corrected chi connectivity index (χ2v) is 8.44. The van der Waals surface area contributed by atoms with E-state index in [1.165, 1.54) is 24.3 Å². The zero-order chi connectivity index (χ0) is 19.4. The predicted molar refractivity (Wildman–Crippen MR) is 91.3 cm³/mol. The number of esters is 1. The first-order chi connectivity index (χ1) is 12.1. The lowest BCUT2D eigenvalue weighted by Crippen LogP contribution is -2.28. The molecular weight excluding hydrogens is 384 g/mol. The molecule has 0 unspecified atom stereocenters. The number of nitrogens with zero attached hydrogens (tertiary/aromatic N) is 1. The number of hydrogen-bond donors (Lipinski definition) is 3. The molecule has 0 amide bonds. The quantitative estimate of drug-likeness (QED) is 0.513. The van der Waals surface area contributed by atoms with Gasteiger partial charge in [-0.2, -0.15) is 5.10 Å². The van der Waals surface area contributed by atoms with Crippen LogP contribution >= 0.6 is 0 Å². The van der Waals surface area contributed by atoms with Crippen molar-refractivity contribution in [3.8, 4) is 0 Å². The van der Waals surface area contributed by atoms with E-state index in [0.717, 1.165) is 6.20 Å². The van der Waals surface area contributed by atoms with Crippen molar-refractivity contribution >= 4 is 26.0 Å². The molecule has 0 aliphatic rings. The summed E-state index contributed by atoms with van der Waals surface area (Å²) >= 11 is 0. The number of primary sulfonamides is 1. The minimum absolute atomic E-state index is 0.0261. The van der Waals surface area contributed by atoms with Crippen molar-refractivity contribution < 1.29 is 26.4 Å². The van der Waals surface area contributed by atoms with Crippen molar-refractivity contribution in [1.82, 2.24) is 14.9 Å². The van der Waals surface area contributed by atoms with Gasteiger partial charge in [0.2, 0.25) is 10.0 Å². The van der Waals surface area contributed by atoms with Crippen molar-refractivity contribution in [2.45, 2.75) is 23.3 Å². The summed E-state index contributed by atoms with van der Waals surface area (Å²) in [6.07, 6.45) is 1.38. The molecule has 0 fully saturated rings. The molecule has 0 radical (unpaired) electrons. The zero-order valence-corrected chi connectivity index (χ0v) is 15.4. The number of rotatable bonds is 8. The number of H-pyrrole nitrogens is 1. The van der Waals surface area contributed by atoms with Crippen LogP contribution in [0.15, 0.2) is 40.4 Å². The Hall–Kier alpha value is -2.28. The van der Waals surface area contributed by atoms with Crippen LogP contribution in [0, 0.1) is 0 Å². The molecule has 0 saturated heterocycles. The van der Waals surface area contributed by atoms with Gasteiger partial charge in [0.1, 0.15) is 5.56 Å². The number of nitrogens with one attached hydrogen (secondary N) is 2. The Balaban J connectivity index is 2.03. The molecule has 0 bridgehead atoms. The molecule has 2 aromatic rings. The molecule has 1 aromatic carbocycles. The third-order valence-corrected chi connectivity index (χ3v) is 5.69. The molecule has 12 heteroatoms. The molecule has 142 valence electrons.